The fourth-order valence-corrected chi connectivity index (χ4v) is 3.01. The SMILES string of the molecule is CCOc1ccc2c(=O)n(CC3CCNCC3)ccc2c1. The van der Waals surface area contributed by atoms with Gasteiger partial charge in [-0.15, -0.1) is 0 Å². The van der Waals surface area contributed by atoms with Crippen LogP contribution in [0.15, 0.2) is 35.3 Å². The summed E-state index contributed by atoms with van der Waals surface area (Å²) in [7, 11) is 0. The number of nitrogens with one attached hydrogen (secondary N) is 1. The predicted octanol–water partition coefficient (Wildman–Crippen LogP) is 2.40. The summed E-state index contributed by atoms with van der Waals surface area (Å²) in [5, 5.41) is 5.09. The van der Waals surface area contributed by atoms with Crippen LogP contribution in [0.3, 0.4) is 0 Å². The van der Waals surface area contributed by atoms with Crippen molar-refractivity contribution >= 4 is 10.8 Å². The van der Waals surface area contributed by atoms with Gasteiger partial charge in [0.2, 0.25) is 0 Å². The van der Waals surface area contributed by atoms with Gasteiger partial charge < -0.3 is 14.6 Å². The van der Waals surface area contributed by atoms with Crippen LogP contribution in [0.4, 0.5) is 0 Å². The van der Waals surface area contributed by atoms with E-state index in [0.717, 1.165) is 49.0 Å². The molecule has 0 unspecified atom stereocenters. The second kappa shape index (κ2) is 6.31. The van der Waals surface area contributed by atoms with Gasteiger partial charge in [0.15, 0.2) is 0 Å². The second-order valence-electron chi connectivity index (χ2n) is 5.65. The molecule has 0 radical (unpaired) electrons. The molecule has 0 amide bonds. The van der Waals surface area contributed by atoms with E-state index in [1.54, 1.807) is 0 Å². The van der Waals surface area contributed by atoms with Crippen LogP contribution in [0.1, 0.15) is 19.8 Å². The van der Waals surface area contributed by atoms with Crippen molar-refractivity contribution in [1.82, 2.24) is 9.88 Å². The summed E-state index contributed by atoms with van der Waals surface area (Å²) in [5.41, 5.74) is 0.106. The van der Waals surface area contributed by atoms with E-state index in [9.17, 15) is 4.79 Å². The fourth-order valence-electron chi connectivity index (χ4n) is 3.01. The molecular weight excluding hydrogens is 264 g/mol. The lowest BCUT2D eigenvalue weighted by Crippen LogP contribution is -2.32. The monoisotopic (exact) mass is 286 g/mol. The average Bonchev–Trinajstić information content (AvgIpc) is 2.52. The molecule has 0 atom stereocenters. The molecule has 0 saturated carbocycles. The maximum Gasteiger partial charge on any atom is 0.258 e. The Morgan fingerprint density at radius 3 is 2.86 bits per heavy atom. The minimum Gasteiger partial charge on any atom is -0.494 e. The molecule has 1 aliphatic rings. The smallest absolute Gasteiger partial charge is 0.258 e. The Morgan fingerprint density at radius 1 is 1.29 bits per heavy atom. The first kappa shape index (κ1) is 14.1. The largest absolute Gasteiger partial charge is 0.494 e. The standard InChI is InChI=1S/C17H22N2O2/c1-2-21-15-3-4-16-14(11-15)7-10-19(17(16)20)12-13-5-8-18-9-6-13/h3-4,7,10-11,13,18H,2,5-6,8-9,12H2,1H3. The molecule has 0 bridgehead atoms. The molecule has 2 aromatic rings. The van der Waals surface area contributed by atoms with Gasteiger partial charge in [-0.1, -0.05) is 0 Å². The van der Waals surface area contributed by atoms with Crippen LogP contribution in [0, 0.1) is 5.92 Å². The molecule has 3 rings (SSSR count). The van der Waals surface area contributed by atoms with Crippen molar-refractivity contribution in [1.29, 1.82) is 0 Å². The molecule has 2 heterocycles. The van der Waals surface area contributed by atoms with E-state index in [1.807, 2.05) is 42.0 Å². The van der Waals surface area contributed by atoms with E-state index in [1.165, 1.54) is 0 Å². The summed E-state index contributed by atoms with van der Waals surface area (Å²) < 4.78 is 7.35. The van der Waals surface area contributed by atoms with Crippen molar-refractivity contribution in [3.63, 3.8) is 0 Å². The normalized spacial score (nSPS) is 16.2. The zero-order chi connectivity index (χ0) is 14.7. The van der Waals surface area contributed by atoms with Gasteiger partial charge in [0, 0.05) is 18.1 Å². The highest BCUT2D eigenvalue weighted by Crippen LogP contribution is 2.19. The van der Waals surface area contributed by atoms with Crippen LogP contribution in [0.25, 0.3) is 10.8 Å². The van der Waals surface area contributed by atoms with Gasteiger partial charge in [-0.25, -0.2) is 0 Å². The maximum atomic E-state index is 12.6. The zero-order valence-electron chi connectivity index (χ0n) is 12.5. The lowest BCUT2D eigenvalue weighted by Gasteiger charge is -2.23. The first-order valence-corrected chi connectivity index (χ1v) is 7.74. The van der Waals surface area contributed by atoms with Crippen molar-refractivity contribution in [3.05, 3.63) is 40.8 Å². The lowest BCUT2D eigenvalue weighted by molar-refractivity contribution is 0.330. The molecule has 1 saturated heterocycles. The Bertz CT molecular complexity index is 672. The Hall–Kier alpha value is -1.81. The summed E-state index contributed by atoms with van der Waals surface area (Å²) in [6.07, 6.45) is 4.21. The van der Waals surface area contributed by atoms with E-state index in [4.69, 9.17) is 4.74 Å². The van der Waals surface area contributed by atoms with Crippen LogP contribution >= 0.6 is 0 Å². The lowest BCUT2D eigenvalue weighted by atomic mass is 9.98. The number of hydrogen-bond acceptors (Lipinski definition) is 3. The van der Waals surface area contributed by atoms with Gasteiger partial charge in [0.05, 0.1) is 6.61 Å². The Morgan fingerprint density at radius 2 is 2.10 bits per heavy atom. The number of aromatic nitrogens is 1. The van der Waals surface area contributed by atoms with Crippen molar-refractivity contribution in [2.24, 2.45) is 5.92 Å². The van der Waals surface area contributed by atoms with E-state index < -0.39 is 0 Å². The maximum absolute atomic E-state index is 12.6. The Kier molecular flexibility index (Phi) is 4.25. The molecule has 1 aromatic heterocycles. The summed E-state index contributed by atoms with van der Waals surface area (Å²) in [5.74, 6) is 1.42. The highest BCUT2D eigenvalue weighted by atomic mass is 16.5. The molecule has 1 N–H and O–H groups in total. The zero-order valence-corrected chi connectivity index (χ0v) is 12.5. The number of benzene rings is 1. The van der Waals surface area contributed by atoms with E-state index in [-0.39, 0.29) is 5.56 Å². The topological polar surface area (TPSA) is 43.3 Å². The van der Waals surface area contributed by atoms with Crippen molar-refractivity contribution in [3.8, 4) is 5.75 Å². The minimum absolute atomic E-state index is 0.106. The number of ether oxygens (including phenoxy) is 1. The van der Waals surface area contributed by atoms with Gasteiger partial charge in [0.25, 0.3) is 5.56 Å². The molecule has 0 aliphatic carbocycles. The highest BCUT2D eigenvalue weighted by Gasteiger charge is 2.14. The molecule has 1 fully saturated rings. The first-order valence-electron chi connectivity index (χ1n) is 7.74. The van der Waals surface area contributed by atoms with Gasteiger partial charge in [-0.2, -0.15) is 0 Å². The number of hydrogen-bond donors (Lipinski definition) is 1. The molecule has 1 aliphatic heterocycles. The average molecular weight is 286 g/mol. The number of piperidine rings is 1. The summed E-state index contributed by atoms with van der Waals surface area (Å²) in [6, 6.07) is 7.71. The van der Waals surface area contributed by atoms with Gasteiger partial charge in [0.1, 0.15) is 5.75 Å². The number of pyridine rings is 1. The summed E-state index contributed by atoms with van der Waals surface area (Å²) in [4.78, 5) is 12.6. The molecular formula is C17H22N2O2. The number of nitrogens with zero attached hydrogens (tertiary/aromatic N) is 1. The van der Waals surface area contributed by atoms with Crippen LogP contribution in [0.2, 0.25) is 0 Å². The van der Waals surface area contributed by atoms with Crippen molar-refractivity contribution in [2.45, 2.75) is 26.3 Å². The molecule has 21 heavy (non-hydrogen) atoms. The predicted molar refractivity (Wildman–Crippen MR) is 85.0 cm³/mol. The van der Waals surface area contributed by atoms with Crippen molar-refractivity contribution in [2.75, 3.05) is 19.7 Å². The van der Waals surface area contributed by atoms with Gasteiger partial charge >= 0.3 is 0 Å². The summed E-state index contributed by atoms with van der Waals surface area (Å²) >= 11 is 0. The minimum atomic E-state index is 0.106. The quantitative estimate of drug-likeness (QED) is 0.938. The van der Waals surface area contributed by atoms with Crippen LogP contribution in [-0.4, -0.2) is 24.3 Å². The Balaban J connectivity index is 1.88. The highest BCUT2D eigenvalue weighted by molar-refractivity contribution is 5.82. The van der Waals surface area contributed by atoms with E-state index in [2.05, 4.69) is 5.32 Å². The molecule has 4 heteroatoms. The van der Waals surface area contributed by atoms with Crippen molar-refractivity contribution < 1.29 is 4.74 Å². The first-order chi connectivity index (χ1) is 10.3. The van der Waals surface area contributed by atoms with Crippen LogP contribution < -0.4 is 15.6 Å². The second-order valence-corrected chi connectivity index (χ2v) is 5.65. The molecule has 4 nitrogen and oxygen atoms in total. The third-order valence-corrected chi connectivity index (χ3v) is 4.17. The molecule has 112 valence electrons. The van der Waals surface area contributed by atoms with E-state index in [0.29, 0.717) is 12.5 Å². The summed E-state index contributed by atoms with van der Waals surface area (Å²) in [6.45, 7) is 5.54. The molecule has 1 aromatic carbocycles. The molecule has 0 spiro atoms. The number of fused-ring (bicyclic) bond motifs is 1. The van der Waals surface area contributed by atoms with Gasteiger partial charge in [-0.05, 0) is 68.4 Å². The van der Waals surface area contributed by atoms with E-state index >= 15 is 0 Å². The number of rotatable bonds is 4. The van der Waals surface area contributed by atoms with Gasteiger partial charge in [-0.3, -0.25) is 4.79 Å². The van der Waals surface area contributed by atoms with Crippen LogP contribution in [0.5, 0.6) is 5.75 Å². The Labute approximate surface area is 124 Å². The third-order valence-electron chi connectivity index (χ3n) is 4.17. The van der Waals surface area contributed by atoms with Crippen LogP contribution in [-0.2, 0) is 6.54 Å². The third kappa shape index (κ3) is 3.10. The fraction of sp³-hybridized carbons (Fsp3) is 0.471.